The number of Topliss-reactive ketones (excluding diaryl/α,β-unsaturated/α-hetero) is 1. The number of nitrogens with zero attached hydrogens (tertiary/aromatic N) is 1. The number of nitrogens with two attached hydrogens (primary N) is 2. The molecule has 2 amide bonds. The van der Waals surface area contributed by atoms with Gasteiger partial charge in [-0.2, -0.15) is 0 Å². The first-order valence-electron chi connectivity index (χ1n) is 17.8. The molecule has 4 aromatic carbocycles. The van der Waals surface area contributed by atoms with Gasteiger partial charge in [0.2, 0.25) is 5.91 Å². The minimum absolute atomic E-state index is 0.00616. The molecule has 0 bridgehead atoms. The van der Waals surface area contributed by atoms with Crippen LogP contribution in [0.5, 0.6) is 0 Å². The van der Waals surface area contributed by atoms with Gasteiger partial charge in [-0.05, 0) is 65.6 Å². The molecule has 0 spiro atoms. The molecule has 1 aromatic heterocycles. The van der Waals surface area contributed by atoms with Gasteiger partial charge in [-0.3, -0.25) is 19.2 Å². The van der Waals surface area contributed by atoms with Crippen LogP contribution in [0.3, 0.4) is 0 Å². The average molecular weight is 689 g/mol. The summed E-state index contributed by atoms with van der Waals surface area (Å²) in [6.45, 7) is 4.35. The Morgan fingerprint density at radius 3 is 2.18 bits per heavy atom. The Morgan fingerprint density at radius 2 is 1.51 bits per heavy atom. The number of aryl methyl sites for hydroxylation is 1. The Bertz CT molecular complexity index is 2020. The number of carboxylic acids is 1. The van der Waals surface area contributed by atoms with E-state index in [2.05, 4.69) is 36.2 Å². The van der Waals surface area contributed by atoms with Gasteiger partial charge in [0, 0.05) is 54.0 Å². The fraction of sp³-hybridized carbons (Fsp3) is 0.333. The van der Waals surface area contributed by atoms with Crippen LogP contribution in [0.15, 0.2) is 91.0 Å². The molecular weight excluding hydrogens is 640 g/mol. The van der Waals surface area contributed by atoms with Gasteiger partial charge < -0.3 is 26.5 Å². The maximum absolute atomic E-state index is 15.1. The van der Waals surface area contributed by atoms with Crippen molar-refractivity contribution in [3.05, 3.63) is 119 Å². The zero-order valence-corrected chi connectivity index (χ0v) is 29.5. The van der Waals surface area contributed by atoms with Crippen LogP contribution in [-0.2, 0) is 33.6 Å². The fourth-order valence-corrected chi connectivity index (χ4v) is 6.97. The average Bonchev–Trinajstić information content (AvgIpc) is 3.48. The predicted molar refractivity (Wildman–Crippen MR) is 202 cm³/mol. The van der Waals surface area contributed by atoms with Crippen LogP contribution in [0.1, 0.15) is 85.1 Å². The van der Waals surface area contributed by atoms with E-state index in [-0.39, 0.29) is 32.2 Å². The smallest absolute Gasteiger partial charge is 0.303 e. The van der Waals surface area contributed by atoms with Crippen molar-refractivity contribution in [3.63, 3.8) is 0 Å². The minimum Gasteiger partial charge on any atom is -0.481 e. The first kappa shape index (κ1) is 37.0. The van der Waals surface area contributed by atoms with Crippen molar-refractivity contribution in [3.8, 4) is 0 Å². The second-order valence-corrected chi connectivity index (χ2v) is 13.5. The number of hydrogen-bond donors (Lipinski definition) is 4. The van der Waals surface area contributed by atoms with Crippen LogP contribution in [0.2, 0.25) is 0 Å². The Hall–Kier alpha value is -5.28. The summed E-state index contributed by atoms with van der Waals surface area (Å²) in [5.41, 5.74) is 15.5. The summed E-state index contributed by atoms with van der Waals surface area (Å²) in [4.78, 5) is 59.2. The zero-order chi connectivity index (χ0) is 36.5. The van der Waals surface area contributed by atoms with E-state index in [9.17, 15) is 14.7 Å². The number of para-hydroxylation sites is 1. The van der Waals surface area contributed by atoms with Gasteiger partial charge in [-0.15, -0.1) is 0 Å². The number of amides is 2. The lowest BCUT2D eigenvalue weighted by Crippen LogP contribution is -2.63. The molecule has 5 aromatic rings. The number of carbonyl (C=O) groups excluding carboxylic acids is 3. The lowest BCUT2D eigenvalue weighted by atomic mass is 9.81. The summed E-state index contributed by atoms with van der Waals surface area (Å²) >= 11 is 0. The highest BCUT2D eigenvalue weighted by molar-refractivity contribution is 6.23. The molecule has 5 rings (SSSR count). The van der Waals surface area contributed by atoms with Gasteiger partial charge in [-0.1, -0.05) is 105 Å². The normalized spacial score (nSPS) is 13.2. The summed E-state index contributed by atoms with van der Waals surface area (Å²) < 4.78 is 0. The van der Waals surface area contributed by atoms with E-state index < -0.39 is 35.1 Å². The molecule has 0 aliphatic carbocycles. The maximum Gasteiger partial charge on any atom is 0.303 e. The van der Waals surface area contributed by atoms with Crippen molar-refractivity contribution in [2.24, 2.45) is 11.5 Å². The molecule has 2 atom stereocenters. The first-order valence-corrected chi connectivity index (χ1v) is 17.8. The lowest BCUT2D eigenvalue weighted by Gasteiger charge is -2.38. The van der Waals surface area contributed by atoms with Gasteiger partial charge in [-0.25, -0.2) is 0 Å². The maximum atomic E-state index is 15.1. The molecule has 0 saturated heterocycles. The Balaban J connectivity index is 1.59. The number of hydrogen-bond acceptors (Lipinski definition) is 5. The summed E-state index contributed by atoms with van der Waals surface area (Å²) in [5.74, 6) is -2.85. The number of aliphatic carboxylic acids is 1. The van der Waals surface area contributed by atoms with Crippen LogP contribution in [0.25, 0.3) is 21.7 Å². The highest BCUT2D eigenvalue weighted by Crippen LogP contribution is 2.32. The molecule has 0 saturated carbocycles. The summed E-state index contributed by atoms with van der Waals surface area (Å²) in [6.07, 6.45) is 2.40. The first-order chi connectivity index (χ1) is 24.5. The van der Waals surface area contributed by atoms with Gasteiger partial charge in [0.25, 0.3) is 5.91 Å². The van der Waals surface area contributed by atoms with E-state index in [1.807, 2.05) is 73.7 Å². The number of aromatic amines is 1. The van der Waals surface area contributed by atoms with Crippen LogP contribution in [-0.4, -0.2) is 56.7 Å². The topological polar surface area (TPSA) is 160 Å². The molecule has 266 valence electrons. The number of carboxylic acid groups (broad SMARTS) is 1. The number of unbranched alkanes of at least 4 members (excludes halogenated alkanes) is 1. The molecule has 0 aliphatic rings. The summed E-state index contributed by atoms with van der Waals surface area (Å²) in [5, 5.41) is 12.3. The highest BCUT2D eigenvalue weighted by Gasteiger charge is 2.47. The van der Waals surface area contributed by atoms with Gasteiger partial charge in [0.1, 0.15) is 0 Å². The highest BCUT2D eigenvalue weighted by atomic mass is 16.4. The molecule has 51 heavy (non-hydrogen) atoms. The number of carbonyl (C=O) groups is 4. The minimum atomic E-state index is -2.12. The molecular formula is C42H48N4O5. The fourth-order valence-electron chi connectivity index (χ4n) is 6.97. The van der Waals surface area contributed by atoms with Gasteiger partial charge in [0.05, 0.1) is 0 Å². The number of H-pyrrole nitrogens is 1. The molecule has 0 unspecified atom stereocenters. The molecule has 0 aliphatic heterocycles. The predicted octanol–water partition coefficient (Wildman–Crippen LogP) is 6.72. The SMILES string of the molecule is CCCCN(C(=O)[C@](N)(CCCC(=O)O)C(=O)c1c(Cc2ccccc2)[nH]c2ccccc12)[C@H](CC(N)=O)Cc1ccc2cc(CC)ccc2c1. The second kappa shape index (κ2) is 16.6. The monoisotopic (exact) mass is 688 g/mol. The second-order valence-electron chi connectivity index (χ2n) is 13.5. The number of rotatable bonds is 18. The molecule has 0 radical (unpaired) electrons. The van der Waals surface area contributed by atoms with Crippen molar-refractivity contribution in [1.82, 2.24) is 9.88 Å². The summed E-state index contributed by atoms with van der Waals surface area (Å²) in [7, 11) is 0. The van der Waals surface area contributed by atoms with Gasteiger partial charge >= 0.3 is 5.97 Å². The standard InChI is InChI=1S/C42H48N4O5/c1-3-5-22-46(33(27-37(43)47)25-30-18-20-31-23-28(4-2)17-19-32(31)24-30)41(51)42(44,21-11-16-38(48)49)40(50)39-34-14-9-10-15-35(34)45-36(39)26-29-12-7-6-8-13-29/h6-10,12-15,17-20,23-24,33,45H,3-5,11,16,21-22,25-27,44H2,1-2H3,(H2,43,47)(H,48,49)/t33-,42-/m0/s1. The van der Waals surface area contributed by atoms with Crippen LogP contribution < -0.4 is 11.5 Å². The van der Waals surface area contributed by atoms with E-state index in [1.165, 1.54) is 5.56 Å². The van der Waals surface area contributed by atoms with Crippen molar-refractivity contribution in [1.29, 1.82) is 0 Å². The van der Waals surface area contributed by atoms with Crippen molar-refractivity contribution in [2.45, 2.75) is 83.2 Å². The van der Waals surface area contributed by atoms with E-state index in [0.29, 0.717) is 35.9 Å². The Kier molecular flexibility index (Phi) is 12.1. The van der Waals surface area contributed by atoms with E-state index in [0.717, 1.165) is 40.3 Å². The quantitative estimate of drug-likeness (QED) is 0.0591. The third-order valence-corrected chi connectivity index (χ3v) is 9.72. The molecule has 1 heterocycles. The third kappa shape index (κ3) is 8.72. The van der Waals surface area contributed by atoms with Crippen LogP contribution in [0, 0.1) is 0 Å². The molecule has 9 heteroatoms. The number of aromatic nitrogens is 1. The largest absolute Gasteiger partial charge is 0.481 e. The van der Waals surface area contributed by atoms with Crippen molar-refractivity contribution < 1.29 is 24.3 Å². The third-order valence-electron chi connectivity index (χ3n) is 9.72. The summed E-state index contributed by atoms with van der Waals surface area (Å²) in [6, 6.07) is 28.8. The van der Waals surface area contributed by atoms with E-state index in [4.69, 9.17) is 11.5 Å². The Morgan fingerprint density at radius 1 is 0.843 bits per heavy atom. The van der Waals surface area contributed by atoms with Gasteiger partial charge in [0.15, 0.2) is 11.3 Å². The van der Waals surface area contributed by atoms with Crippen molar-refractivity contribution >= 4 is 45.2 Å². The number of benzene rings is 4. The number of primary amides is 1. The number of ketones is 1. The molecule has 6 N–H and O–H groups in total. The lowest BCUT2D eigenvalue weighted by molar-refractivity contribution is -0.140. The van der Waals surface area contributed by atoms with E-state index >= 15 is 9.59 Å². The zero-order valence-electron chi connectivity index (χ0n) is 29.5. The van der Waals surface area contributed by atoms with Crippen LogP contribution in [0.4, 0.5) is 0 Å². The van der Waals surface area contributed by atoms with Crippen molar-refractivity contribution in [2.75, 3.05) is 6.54 Å². The number of nitrogens with one attached hydrogen (secondary N) is 1. The number of fused-ring (bicyclic) bond motifs is 2. The van der Waals surface area contributed by atoms with E-state index in [1.54, 1.807) is 4.90 Å². The Labute approximate surface area is 299 Å². The molecule has 9 nitrogen and oxygen atoms in total. The molecule has 0 fully saturated rings. The van der Waals surface area contributed by atoms with Crippen LogP contribution >= 0.6 is 0 Å².